The van der Waals surface area contributed by atoms with Crippen molar-refractivity contribution in [1.82, 2.24) is 25.5 Å². The van der Waals surface area contributed by atoms with E-state index in [4.69, 9.17) is 0 Å². The lowest BCUT2D eigenvalue weighted by molar-refractivity contribution is 0.187. The molecule has 4 rings (SSSR count). The molecule has 2 amide bonds. The average molecular weight is 416 g/mol. The number of aromatic nitrogens is 2. The molecule has 2 aliphatic rings. The molecule has 0 unspecified atom stereocenters. The Morgan fingerprint density at radius 2 is 2.10 bits per heavy atom. The highest BCUT2D eigenvalue weighted by Crippen LogP contribution is 2.25. The van der Waals surface area contributed by atoms with Gasteiger partial charge in [0.1, 0.15) is 0 Å². The summed E-state index contributed by atoms with van der Waals surface area (Å²) < 4.78 is 26.9. The molecule has 0 aliphatic carbocycles. The zero-order chi connectivity index (χ0) is 21.3. The summed E-state index contributed by atoms with van der Waals surface area (Å²) in [6, 6.07) is 3.75. The van der Waals surface area contributed by atoms with E-state index < -0.39 is 11.6 Å². The Bertz CT molecular complexity index is 938. The minimum atomic E-state index is -0.873. The number of nitrogens with zero attached hydrogens (tertiary/aromatic N) is 3. The Balaban J connectivity index is 1.43. The molecule has 7 nitrogen and oxygen atoms in total. The smallest absolute Gasteiger partial charge is 0.318 e. The van der Waals surface area contributed by atoms with Crippen LogP contribution in [0.1, 0.15) is 36.6 Å². The summed E-state index contributed by atoms with van der Waals surface area (Å²) >= 11 is 0. The van der Waals surface area contributed by atoms with Crippen molar-refractivity contribution in [3.63, 3.8) is 0 Å². The molecule has 2 aromatic rings. The van der Waals surface area contributed by atoms with E-state index in [9.17, 15) is 13.6 Å². The topological polar surface area (TPSA) is 82.2 Å². The predicted molar refractivity (Wildman–Crippen MR) is 109 cm³/mol. The molecule has 30 heavy (non-hydrogen) atoms. The fourth-order valence-electron chi connectivity index (χ4n) is 3.98. The Kier molecular flexibility index (Phi) is 5.80. The highest BCUT2D eigenvalue weighted by Gasteiger charge is 2.32. The number of urea groups is 1. The van der Waals surface area contributed by atoms with E-state index in [1.807, 2.05) is 20.0 Å². The first kappa shape index (κ1) is 20.5. The number of anilines is 1. The van der Waals surface area contributed by atoms with Gasteiger partial charge in [-0.2, -0.15) is 0 Å². The molecule has 1 aromatic carbocycles. The van der Waals surface area contributed by atoms with Crippen molar-refractivity contribution in [2.45, 2.75) is 44.8 Å². The van der Waals surface area contributed by atoms with E-state index in [-0.39, 0.29) is 24.0 Å². The van der Waals surface area contributed by atoms with Crippen LogP contribution in [0.25, 0.3) is 0 Å². The Morgan fingerprint density at radius 1 is 1.27 bits per heavy atom. The van der Waals surface area contributed by atoms with Gasteiger partial charge in [-0.05, 0) is 43.5 Å². The first-order valence-corrected chi connectivity index (χ1v) is 10.2. The van der Waals surface area contributed by atoms with Crippen LogP contribution in [-0.2, 0) is 13.0 Å². The Labute approximate surface area is 174 Å². The summed E-state index contributed by atoms with van der Waals surface area (Å²) in [5, 5.41) is 9.47. The number of hydrogen-bond donors (Lipinski definition) is 3. The number of nitrogens with one attached hydrogen (secondary N) is 3. The molecule has 160 valence electrons. The van der Waals surface area contributed by atoms with Crippen LogP contribution in [0, 0.1) is 11.6 Å². The van der Waals surface area contributed by atoms with Gasteiger partial charge in [0.05, 0.1) is 18.3 Å². The van der Waals surface area contributed by atoms with Gasteiger partial charge >= 0.3 is 6.03 Å². The zero-order valence-corrected chi connectivity index (χ0v) is 17.1. The summed E-state index contributed by atoms with van der Waals surface area (Å²) in [6.07, 6.45) is 2.52. The maximum Gasteiger partial charge on any atom is 0.318 e. The van der Waals surface area contributed by atoms with Crippen LogP contribution < -0.4 is 16.0 Å². The molecule has 1 saturated heterocycles. The largest absolute Gasteiger partial charge is 0.352 e. The van der Waals surface area contributed by atoms with Crippen molar-refractivity contribution in [1.29, 1.82) is 0 Å². The number of carbonyl (C=O) groups is 1. The summed E-state index contributed by atoms with van der Waals surface area (Å²) in [5.74, 6) is -1.30. The highest BCUT2D eigenvalue weighted by molar-refractivity contribution is 5.75. The van der Waals surface area contributed by atoms with E-state index in [1.165, 1.54) is 6.07 Å². The van der Waals surface area contributed by atoms with Crippen molar-refractivity contribution in [2.75, 3.05) is 25.0 Å². The van der Waals surface area contributed by atoms with Crippen molar-refractivity contribution in [2.24, 2.45) is 0 Å². The lowest BCUT2D eigenvalue weighted by Crippen LogP contribution is -2.48. The molecule has 3 heterocycles. The molecular weight excluding hydrogens is 390 g/mol. The van der Waals surface area contributed by atoms with Gasteiger partial charge in [0, 0.05) is 37.8 Å². The van der Waals surface area contributed by atoms with E-state index in [2.05, 4.69) is 25.9 Å². The summed E-state index contributed by atoms with van der Waals surface area (Å²) in [4.78, 5) is 23.5. The first-order valence-electron chi connectivity index (χ1n) is 10.2. The van der Waals surface area contributed by atoms with Gasteiger partial charge < -0.3 is 20.9 Å². The first-order chi connectivity index (χ1) is 14.4. The van der Waals surface area contributed by atoms with E-state index in [0.29, 0.717) is 44.1 Å². The average Bonchev–Trinajstić information content (AvgIpc) is 3.17. The van der Waals surface area contributed by atoms with Gasteiger partial charge in [-0.25, -0.2) is 23.5 Å². The molecule has 1 aromatic heterocycles. The third kappa shape index (κ3) is 4.35. The fourth-order valence-corrected chi connectivity index (χ4v) is 3.98. The molecule has 3 N–H and O–H groups in total. The highest BCUT2D eigenvalue weighted by atomic mass is 19.2. The monoisotopic (exact) mass is 416 g/mol. The van der Waals surface area contributed by atoms with Crippen LogP contribution in [0.3, 0.4) is 0 Å². The minimum Gasteiger partial charge on any atom is -0.352 e. The summed E-state index contributed by atoms with van der Waals surface area (Å²) in [7, 11) is 0. The normalized spacial score (nSPS) is 20.9. The molecule has 0 bridgehead atoms. The van der Waals surface area contributed by atoms with Gasteiger partial charge in [-0.1, -0.05) is 6.07 Å². The van der Waals surface area contributed by atoms with Gasteiger partial charge in [-0.3, -0.25) is 0 Å². The third-order valence-electron chi connectivity index (χ3n) is 5.55. The van der Waals surface area contributed by atoms with Crippen LogP contribution in [-0.4, -0.2) is 52.6 Å². The lowest BCUT2D eigenvalue weighted by Gasteiger charge is -2.30. The summed E-state index contributed by atoms with van der Waals surface area (Å²) in [5.41, 5.74) is 2.57. The van der Waals surface area contributed by atoms with Crippen LogP contribution in [0.15, 0.2) is 24.4 Å². The van der Waals surface area contributed by atoms with Gasteiger partial charge in [-0.15, -0.1) is 0 Å². The van der Waals surface area contributed by atoms with Crippen LogP contribution in [0.2, 0.25) is 0 Å². The standard InChI is InChI=1S/C21H26F2N6O/c1-12(2)26-20-25-8-14-5-6-29(11-19(14)27-20)21(30)28-18-10-24-9-15(18)13-3-4-16(22)17(23)7-13/h3-4,7-8,12,15,18,24H,5-6,9-11H2,1-2H3,(H,28,30)(H,25,26,27)/t15-,18+/m0/s1. The number of halogens is 2. The van der Waals surface area contributed by atoms with Crippen molar-refractivity contribution >= 4 is 12.0 Å². The molecule has 2 atom stereocenters. The molecular formula is C21H26F2N6O. The van der Waals surface area contributed by atoms with E-state index in [0.717, 1.165) is 17.3 Å². The number of rotatable bonds is 4. The quantitative estimate of drug-likeness (QED) is 0.713. The van der Waals surface area contributed by atoms with Crippen molar-refractivity contribution in [3.05, 3.63) is 52.9 Å². The maximum atomic E-state index is 13.7. The molecule has 0 spiro atoms. The third-order valence-corrected chi connectivity index (χ3v) is 5.55. The second-order valence-electron chi connectivity index (χ2n) is 8.13. The SMILES string of the molecule is CC(C)Nc1ncc2c(n1)CN(C(=O)N[C@@H]1CNC[C@H]1c1ccc(F)c(F)c1)CC2. The summed E-state index contributed by atoms with van der Waals surface area (Å²) in [6.45, 7) is 6.19. The molecule has 0 radical (unpaired) electrons. The van der Waals surface area contributed by atoms with Crippen LogP contribution in [0.5, 0.6) is 0 Å². The van der Waals surface area contributed by atoms with Crippen LogP contribution >= 0.6 is 0 Å². The fraction of sp³-hybridized carbons (Fsp3) is 0.476. The van der Waals surface area contributed by atoms with Crippen molar-refractivity contribution < 1.29 is 13.6 Å². The molecule has 2 aliphatic heterocycles. The zero-order valence-electron chi connectivity index (χ0n) is 17.1. The molecule has 1 fully saturated rings. The van der Waals surface area contributed by atoms with Crippen molar-refractivity contribution in [3.8, 4) is 0 Å². The Hall–Kier alpha value is -2.81. The van der Waals surface area contributed by atoms with E-state index in [1.54, 1.807) is 11.0 Å². The maximum absolute atomic E-state index is 13.7. The number of carbonyl (C=O) groups excluding carboxylic acids is 1. The van der Waals surface area contributed by atoms with Gasteiger partial charge in [0.25, 0.3) is 0 Å². The van der Waals surface area contributed by atoms with Gasteiger partial charge in [0.2, 0.25) is 5.95 Å². The van der Waals surface area contributed by atoms with E-state index >= 15 is 0 Å². The second kappa shape index (κ2) is 8.51. The molecule has 0 saturated carbocycles. The number of fused-ring (bicyclic) bond motifs is 1. The lowest BCUT2D eigenvalue weighted by atomic mass is 9.94. The van der Waals surface area contributed by atoms with Gasteiger partial charge in [0.15, 0.2) is 11.6 Å². The van der Waals surface area contributed by atoms with Crippen LogP contribution in [0.4, 0.5) is 19.5 Å². The number of benzene rings is 1. The Morgan fingerprint density at radius 3 is 2.87 bits per heavy atom. The number of hydrogen-bond acceptors (Lipinski definition) is 5. The molecule has 9 heteroatoms. The predicted octanol–water partition coefficient (Wildman–Crippen LogP) is 2.40. The second-order valence-corrected chi connectivity index (χ2v) is 8.13. The minimum absolute atomic E-state index is 0.120. The number of amides is 2.